The maximum atomic E-state index is 10.9. The first-order valence-electron chi connectivity index (χ1n) is 24.4. The summed E-state index contributed by atoms with van der Waals surface area (Å²) in [7, 11) is 0. The summed E-state index contributed by atoms with van der Waals surface area (Å²) >= 11 is 0. The van der Waals surface area contributed by atoms with Crippen molar-refractivity contribution in [1.82, 2.24) is 9.97 Å². The molecule has 0 aliphatic carbocycles. The normalized spacial score (nSPS) is 11.7. The summed E-state index contributed by atoms with van der Waals surface area (Å²) in [5.74, 6) is -0.873. The van der Waals surface area contributed by atoms with Crippen molar-refractivity contribution in [3.05, 3.63) is 211 Å². The van der Waals surface area contributed by atoms with Crippen LogP contribution in [0.3, 0.4) is 0 Å². The molecule has 0 saturated heterocycles. The molecule has 0 amide bonds. The molecule has 8 rings (SSSR count). The molecular formula is C64H68Co2N6O2. The van der Waals surface area contributed by atoms with Crippen LogP contribution in [0, 0.1) is 83.1 Å². The van der Waals surface area contributed by atoms with Crippen LogP contribution in [0.2, 0.25) is 0 Å². The fraction of sp³-hybridized carbons (Fsp3) is 0.250. The van der Waals surface area contributed by atoms with Crippen molar-refractivity contribution in [2.45, 2.75) is 111 Å². The van der Waals surface area contributed by atoms with Crippen LogP contribution in [0.5, 0.6) is 11.5 Å². The molecular weight excluding hydrogens is 1000 g/mol. The molecule has 0 radical (unpaired) electrons. The molecule has 6 aromatic carbocycles. The monoisotopic (exact) mass is 1070 g/mol. The molecule has 2 heterocycles. The number of benzene rings is 6. The fourth-order valence-corrected chi connectivity index (χ4v) is 9.17. The van der Waals surface area contributed by atoms with Gasteiger partial charge in [-0.2, -0.15) is 0 Å². The molecule has 0 saturated carbocycles. The minimum absolute atomic E-state index is 0. The molecule has 0 aliphatic heterocycles. The molecule has 0 unspecified atom stereocenters. The SMILES string of the molecule is CC(=Nc1c(C)cc(C)cc1C)c1cccc(C(C)=Nc2c(C)cc(C)cc2C)n1.CC(=Nc1c(C)cc(C)cc1C)c1cccc(C(C)=Nc2c(C)cc(C)cc2C)n1.[Co+].[Co+].[O-]c1cc2ccccc2cc1[O-]. The molecule has 2 aromatic heterocycles. The van der Waals surface area contributed by atoms with Crippen LogP contribution in [0.1, 0.15) is 117 Å². The first-order valence-corrected chi connectivity index (χ1v) is 24.4. The summed E-state index contributed by atoms with van der Waals surface area (Å²) in [4.78, 5) is 29.3. The van der Waals surface area contributed by atoms with Gasteiger partial charge in [-0.05, 0) is 190 Å². The Labute approximate surface area is 460 Å². The van der Waals surface area contributed by atoms with E-state index in [1.54, 1.807) is 0 Å². The van der Waals surface area contributed by atoms with Crippen molar-refractivity contribution in [2.24, 2.45) is 20.0 Å². The second-order valence-corrected chi connectivity index (χ2v) is 19.2. The van der Waals surface area contributed by atoms with Gasteiger partial charge in [0.05, 0.1) is 68.4 Å². The second kappa shape index (κ2) is 26.4. The van der Waals surface area contributed by atoms with Crippen molar-refractivity contribution in [3.63, 3.8) is 0 Å². The zero-order valence-corrected chi connectivity index (χ0v) is 47.8. The summed E-state index contributed by atoms with van der Waals surface area (Å²) in [5, 5.41) is 23.5. The molecule has 74 heavy (non-hydrogen) atoms. The van der Waals surface area contributed by atoms with Gasteiger partial charge >= 0.3 is 33.6 Å². The van der Waals surface area contributed by atoms with Crippen LogP contribution < -0.4 is 10.2 Å². The van der Waals surface area contributed by atoms with Gasteiger partial charge in [0.1, 0.15) is 0 Å². The Balaban J connectivity index is 0.000000256. The van der Waals surface area contributed by atoms with Crippen LogP contribution >= 0.6 is 0 Å². The topological polar surface area (TPSA) is 121 Å². The Morgan fingerprint density at radius 1 is 0.311 bits per heavy atom. The van der Waals surface area contributed by atoms with E-state index in [2.05, 4.69) is 132 Å². The van der Waals surface area contributed by atoms with E-state index in [1.165, 1.54) is 78.9 Å². The molecule has 0 spiro atoms. The first kappa shape index (κ1) is 59.7. The molecule has 8 aromatic rings. The van der Waals surface area contributed by atoms with Gasteiger partial charge in [0, 0.05) is 0 Å². The van der Waals surface area contributed by atoms with Gasteiger partial charge in [-0.15, -0.1) is 11.5 Å². The van der Waals surface area contributed by atoms with E-state index in [-0.39, 0.29) is 33.6 Å². The quantitative estimate of drug-likeness (QED) is 0.141. The van der Waals surface area contributed by atoms with E-state index >= 15 is 0 Å². The second-order valence-electron chi connectivity index (χ2n) is 19.2. The minimum atomic E-state index is -0.436. The standard InChI is InChI=1S/2C27H31N3.C10H8O2.2Co/c2*1-16-12-18(3)26(19(4)13-16)28-22(7)24-10-9-11-25(30-24)23(8)29-27-20(5)14-17(2)15-21(27)6;11-9-5-7-3-1-2-4-8(7)6-10(9)12;;/h2*9-15H,1-8H3;1-6,11-12H;;/q;;;2*+1/p-2. The van der Waals surface area contributed by atoms with E-state index in [1.807, 2.05) is 88.4 Å². The summed E-state index contributed by atoms with van der Waals surface area (Å²) in [6.07, 6.45) is 0. The number of aromatic nitrogens is 2. The summed E-state index contributed by atoms with van der Waals surface area (Å²) in [6.45, 7) is 33.4. The number of hydrogen-bond donors (Lipinski definition) is 0. The number of nitrogens with zero attached hydrogens (tertiary/aromatic N) is 6. The number of rotatable bonds is 8. The number of hydrogen-bond acceptors (Lipinski definition) is 8. The van der Waals surface area contributed by atoms with Gasteiger partial charge in [-0.3, -0.25) is 20.0 Å². The van der Waals surface area contributed by atoms with Gasteiger partial charge in [0.2, 0.25) is 0 Å². The van der Waals surface area contributed by atoms with E-state index in [9.17, 15) is 10.2 Å². The summed E-state index contributed by atoms with van der Waals surface area (Å²) in [6, 6.07) is 39.5. The van der Waals surface area contributed by atoms with E-state index < -0.39 is 11.5 Å². The number of aryl methyl sites for hydroxylation is 12. The Bertz CT molecular complexity index is 2960. The average molecular weight is 1070 g/mol. The van der Waals surface area contributed by atoms with E-state index in [4.69, 9.17) is 29.9 Å². The summed E-state index contributed by atoms with van der Waals surface area (Å²) in [5.41, 5.74) is 25.8. The Morgan fingerprint density at radius 2 is 0.514 bits per heavy atom. The van der Waals surface area contributed by atoms with Gasteiger partial charge < -0.3 is 10.2 Å². The predicted molar refractivity (Wildman–Crippen MR) is 301 cm³/mol. The molecule has 0 fully saturated rings. The van der Waals surface area contributed by atoms with Crippen LogP contribution in [0.15, 0.2) is 141 Å². The van der Waals surface area contributed by atoms with Crippen molar-refractivity contribution < 1.29 is 43.8 Å². The first-order chi connectivity index (χ1) is 34.1. The van der Waals surface area contributed by atoms with E-state index in [0.29, 0.717) is 0 Å². The third-order valence-corrected chi connectivity index (χ3v) is 12.5. The molecule has 384 valence electrons. The van der Waals surface area contributed by atoms with Crippen LogP contribution in [0.4, 0.5) is 22.7 Å². The Kier molecular flexibility index (Phi) is 21.3. The number of pyridine rings is 2. The fourth-order valence-electron chi connectivity index (χ4n) is 9.17. The van der Waals surface area contributed by atoms with Gasteiger partial charge in [0.25, 0.3) is 0 Å². The van der Waals surface area contributed by atoms with Crippen molar-refractivity contribution in [1.29, 1.82) is 0 Å². The Morgan fingerprint density at radius 3 is 0.716 bits per heavy atom. The maximum absolute atomic E-state index is 10.9. The van der Waals surface area contributed by atoms with Gasteiger partial charge in [-0.1, -0.05) is 119 Å². The largest absolute Gasteiger partial charge is 1.00 e. The molecule has 8 nitrogen and oxygen atoms in total. The number of aliphatic imine (C=N–C) groups is 4. The van der Waals surface area contributed by atoms with Crippen molar-refractivity contribution in [3.8, 4) is 11.5 Å². The molecule has 0 bridgehead atoms. The number of fused-ring (bicyclic) bond motifs is 1. The minimum Gasteiger partial charge on any atom is -0.873 e. The molecule has 0 N–H and O–H groups in total. The zero-order chi connectivity index (χ0) is 52.6. The van der Waals surface area contributed by atoms with Crippen molar-refractivity contribution >= 4 is 56.4 Å². The molecule has 0 aliphatic rings. The third-order valence-electron chi connectivity index (χ3n) is 12.5. The predicted octanol–water partition coefficient (Wildman–Crippen LogP) is 15.4. The van der Waals surface area contributed by atoms with Crippen LogP contribution in [-0.4, -0.2) is 32.8 Å². The maximum Gasteiger partial charge on any atom is 1.00 e. The molecule has 0 atom stereocenters. The smallest absolute Gasteiger partial charge is 0.873 e. The van der Waals surface area contributed by atoms with Crippen LogP contribution in [0.25, 0.3) is 10.8 Å². The van der Waals surface area contributed by atoms with Gasteiger partial charge in [0.15, 0.2) is 0 Å². The third kappa shape index (κ3) is 15.4. The van der Waals surface area contributed by atoms with Crippen LogP contribution in [-0.2, 0) is 33.6 Å². The Hall–Kier alpha value is -6.83. The molecule has 10 heteroatoms. The average Bonchev–Trinajstić information content (AvgIpc) is 3.31. The van der Waals surface area contributed by atoms with E-state index in [0.717, 1.165) is 79.1 Å². The van der Waals surface area contributed by atoms with Crippen molar-refractivity contribution in [2.75, 3.05) is 0 Å². The summed E-state index contributed by atoms with van der Waals surface area (Å²) < 4.78 is 0. The van der Waals surface area contributed by atoms with Gasteiger partial charge in [-0.25, -0.2) is 9.97 Å². The zero-order valence-electron chi connectivity index (χ0n) is 45.7.